The molecular formula is C33H41F6N5O3. The van der Waals surface area contributed by atoms with E-state index < -0.39 is 47.6 Å². The van der Waals surface area contributed by atoms with Crippen molar-refractivity contribution in [1.82, 2.24) is 19.6 Å². The number of aryl methyl sites for hydroxylation is 1. The number of alkyl halides is 6. The molecule has 2 aromatic carbocycles. The van der Waals surface area contributed by atoms with Gasteiger partial charge in [-0.05, 0) is 80.3 Å². The fourth-order valence-electron chi connectivity index (χ4n) is 6.64. The minimum Gasteiger partial charge on any atom is -0.351 e. The van der Waals surface area contributed by atoms with Crippen molar-refractivity contribution in [2.75, 3.05) is 40.3 Å². The zero-order valence-electron chi connectivity index (χ0n) is 26.9. The molecule has 0 spiro atoms. The third kappa shape index (κ3) is 8.31. The molecule has 2 fully saturated rings. The number of hydrogen-bond acceptors (Lipinski definition) is 3. The van der Waals surface area contributed by atoms with Gasteiger partial charge in [-0.25, -0.2) is 9.59 Å². The van der Waals surface area contributed by atoms with Crippen LogP contribution in [0.15, 0.2) is 42.5 Å². The molecule has 5 amide bonds. The summed E-state index contributed by atoms with van der Waals surface area (Å²) in [5.41, 5.74) is 3.99. The third-order valence-corrected chi connectivity index (χ3v) is 9.54. The summed E-state index contributed by atoms with van der Waals surface area (Å²) in [4.78, 5) is 44.7. The first-order valence-electron chi connectivity index (χ1n) is 15.6. The Morgan fingerprint density at radius 1 is 0.915 bits per heavy atom. The molecule has 14 heteroatoms. The first-order chi connectivity index (χ1) is 21.9. The van der Waals surface area contributed by atoms with Crippen LogP contribution in [-0.2, 0) is 17.1 Å². The summed E-state index contributed by atoms with van der Waals surface area (Å²) >= 11 is 0. The standard InChI is InChI=1S/C33H41F6N5O3/c1-20-7-5-6-8-27(20)28-15-22(19-41(3)29(45)23-10-12-43(13-11-23)30(40)46)9-14-44(28)31(47)42(4)21(2)24-16-25(32(34,35)36)18-26(17-24)33(37,38)39/h5-8,16-18,21-23,28H,9-15,19H2,1-4H3,(H2,40,46). The lowest BCUT2D eigenvalue weighted by molar-refractivity contribution is -0.143. The lowest BCUT2D eigenvalue weighted by atomic mass is 9.85. The maximum Gasteiger partial charge on any atom is 0.416 e. The zero-order chi connectivity index (χ0) is 34.8. The molecule has 0 radical (unpaired) electrons. The van der Waals surface area contributed by atoms with Gasteiger partial charge in [-0.2, -0.15) is 26.3 Å². The molecule has 3 unspecified atom stereocenters. The van der Waals surface area contributed by atoms with Crippen LogP contribution in [-0.4, -0.2) is 77.8 Å². The first kappa shape index (κ1) is 35.9. The maximum absolute atomic E-state index is 14.0. The van der Waals surface area contributed by atoms with Crippen LogP contribution in [0, 0.1) is 18.8 Å². The molecule has 4 rings (SSSR count). The van der Waals surface area contributed by atoms with Crippen LogP contribution in [0.4, 0.5) is 35.9 Å². The fraction of sp³-hybridized carbons (Fsp3) is 0.545. The average molecular weight is 670 g/mol. The summed E-state index contributed by atoms with van der Waals surface area (Å²) in [6, 6.07) is 6.31. The molecule has 0 aliphatic carbocycles. The molecule has 8 nitrogen and oxygen atoms in total. The number of rotatable bonds is 6. The lowest BCUT2D eigenvalue weighted by Gasteiger charge is -2.44. The third-order valence-electron chi connectivity index (χ3n) is 9.54. The number of benzene rings is 2. The Labute approximate surface area is 270 Å². The van der Waals surface area contributed by atoms with Gasteiger partial charge in [0.05, 0.1) is 23.2 Å². The highest BCUT2D eigenvalue weighted by molar-refractivity contribution is 5.79. The molecule has 0 bridgehead atoms. The summed E-state index contributed by atoms with van der Waals surface area (Å²) in [6.45, 7) is 4.85. The van der Waals surface area contributed by atoms with Crippen LogP contribution in [0.25, 0.3) is 0 Å². The van der Waals surface area contributed by atoms with E-state index in [1.807, 2.05) is 31.2 Å². The summed E-state index contributed by atoms with van der Waals surface area (Å²) in [7, 11) is 3.11. The van der Waals surface area contributed by atoms with Crippen molar-refractivity contribution in [3.8, 4) is 0 Å². The Kier molecular flexibility index (Phi) is 10.7. The number of amides is 5. The average Bonchev–Trinajstić information content (AvgIpc) is 3.02. The second-order valence-corrected chi connectivity index (χ2v) is 12.7. The number of carbonyl (C=O) groups is 3. The Bertz CT molecular complexity index is 1420. The van der Waals surface area contributed by atoms with E-state index >= 15 is 0 Å². The van der Waals surface area contributed by atoms with Gasteiger partial charge in [0.1, 0.15) is 0 Å². The molecule has 3 atom stereocenters. The lowest BCUT2D eigenvalue weighted by Crippen LogP contribution is -2.49. The smallest absolute Gasteiger partial charge is 0.351 e. The second-order valence-electron chi connectivity index (χ2n) is 12.7. The molecule has 2 N–H and O–H groups in total. The number of hydrogen-bond donors (Lipinski definition) is 1. The largest absolute Gasteiger partial charge is 0.416 e. The van der Waals surface area contributed by atoms with Gasteiger partial charge >= 0.3 is 24.4 Å². The van der Waals surface area contributed by atoms with Crippen LogP contribution in [0.3, 0.4) is 0 Å². The van der Waals surface area contributed by atoms with Crippen LogP contribution in [0.5, 0.6) is 0 Å². The van der Waals surface area contributed by atoms with Gasteiger partial charge in [0.2, 0.25) is 5.91 Å². The summed E-state index contributed by atoms with van der Waals surface area (Å²) in [6.07, 6.45) is -7.94. The van der Waals surface area contributed by atoms with Crippen LogP contribution < -0.4 is 5.73 Å². The van der Waals surface area contributed by atoms with E-state index in [1.54, 1.807) is 16.8 Å². The topological polar surface area (TPSA) is 90.2 Å². The van der Waals surface area contributed by atoms with E-state index in [9.17, 15) is 40.7 Å². The van der Waals surface area contributed by atoms with E-state index in [1.165, 1.54) is 23.8 Å². The SMILES string of the molecule is Cc1ccccc1C1CC(CN(C)C(=O)C2CCN(C(N)=O)CC2)CCN1C(=O)N(C)C(C)c1cc(C(F)(F)F)cc(C(F)(F)F)c1. The van der Waals surface area contributed by atoms with Crippen molar-refractivity contribution >= 4 is 18.0 Å². The quantitative estimate of drug-likeness (QED) is 0.342. The van der Waals surface area contributed by atoms with Gasteiger partial charge in [0, 0.05) is 46.2 Å². The molecule has 2 aromatic rings. The molecular weight excluding hydrogens is 628 g/mol. The normalized spacial score (nSPS) is 20.1. The second kappa shape index (κ2) is 14.0. The van der Waals surface area contributed by atoms with Gasteiger partial charge in [-0.15, -0.1) is 0 Å². The Morgan fingerprint density at radius 2 is 1.49 bits per heavy atom. The molecule has 2 saturated heterocycles. The van der Waals surface area contributed by atoms with E-state index in [-0.39, 0.29) is 35.9 Å². The summed E-state index contributed by atoms with van der Waals surface area (Å²) in [5, 5.41) is 0. The number of likely N-dealkylation sites (tertiary alicyclic amines) is 2. The van der Waals surface area contributed by atoms with Crippen molar-refractivity contribution in [3.05, 3.63) is 70.3 Å². The van der Waals surface area contributed by atoms with Crippen LogP contribution in [0.1, 0.15) is 72.5 Å². The number of carbonyl (C=O) groups excluding carboxylic acids is 3. The van der Waals surface area contributed by atoms with E-state index in [2.05, 4.69) is 0 Å². The van der Waals surface area contributed by atoms with Crippen LogP contribution in [0.2, 0.25) is 0 Å². The van der Waals surface area contributed by atoms with Gasteiger partial charge in [0.15, 0.2) is 0 Å². The number of primary amides is 1. The van der Waals surface area contributed by atoms with E-state index in [4.69, 9.17) is 5.73 Å². The van der Waals surface area contributed by atoms with Gasteiger partial charge < -0.3 is 25.3 Å². The van der Waals surface area contributed by atoms with Crippen molar-refractivity contribution in [2.24, 2.45) is 17.6 Å². The number of nitrogens with zero attached hydrogens (tertiary/aromatic N) is 4. The highest BCUT2D eigenvalue weighted by Crippen LogP contribution is 2.40. The highest BCUT2D eigenvalue weighted by atomic mass is 19.4. The molecule has 0 saturated carbocycles. The van der Waals surface area contributed by atoms with Crippen LogP contribution >= 0.6 is 0 Å². The maximum atomic E-state index is 14.0. The Balaban J connectivity index is 1.53. The van der Waals surface area contributed by atoms with E-state index in [0.717, 1.165) is 11.1 Å². The Hall–Kier alpha value is -3.97. The number of nitrogens with two attached hydrogens (primary N) is 1. The van der Waals surface area contributed by atoms with Crippen molar-refractivity contribution in [2.45, 2.75) is 64.0 Å². The van der Waals surface area contributed by atoms with E-state index in [0.29, 0.717) is 57.5 Å². The molecule has 2 aliphatic rings. The molecule has 0 aromatic heterocycles. The van der Waals surface area contributed by atoms with Crippen molar-refractivity contribution in [1.29, 1.82) is 0 Å². The predicted octanol–water partition coefficient (Wildman–Crippen LogP) is 6.85. The summed E-state index contributed by atoms with van der Waals surface area (Å²) in [5.74, 6) is -0.231. The summed E-state index contributed by atoms with van der Waals surface area (Å²) < 4.78 is 81.3. The fourth-order valence-corrected chi connectivity index (χ4v) is 6.64. The minimum absolute atomic E-state index is 0.0175. The van der Waals surface area contributed by atoms with Gasteiger partial charge in [-0.1, -0.05) is 24.3 Å². The minimum atomic E-state index is -5.01. The molecule has 2 heterocycles. The van der Waals surface area contributed by atoms with Crippen molar-refractivity contribution < 1.29 is 40.7 Å². The number of piperidine rings is 2. The van der Waals surface area contributed by atoms with Crippen molar-refractivity contribution in [3.63, 3.8) is 0 Å². The molecule has 47 heavy (non-hydrogen) atoms. The van der Waals surface area contributed by atoms with Gasteiger partial charge in [-0.3, -0.25) is 4.79 Å². The zero-order valence-corrected chi connectivity index (χ0v) is 26.9. The number of urea groups is 2. The number of halogens is 6. The monoisotopic (exact) mass is 669 g/mol. The Morgan fingerprint density at radius 3 is 2.02 bits per heavy atom. The predicted molar refractivity (Wildman–Crippen MR) is 163 cm³/mol. The van der Waals surface area contributed by atoms with Gasteiger partial charge in [0.25, 0.3) is 0 Å². The highest BCUT2D eigenvalue weighted by Gasteiger charge is 2.40. The molecule has 2 aliphatic heterocycles. The molecule has 258 valence electrons. The first-order valence-corrected chi connectivity index (χ1v) is 15.6.